The molecule has 29 heavy (non-hydrogen) atoms. The normalized spacial score (nSPS) is 10.9. The summed E-state index contributed by atoms with van der Waals surface area (Å²) in [6.07, 6.45) is 1.53. The molecule has 0 N–H and O–H groups in total. The molecule has 0 bridgehead atoms. The fourth-order valence-electron chi connectivity index (χ4n) is 2.32. The number of aromatic nitrogens is 3. The van der Waals surface area contributed by atoms with Gasteiger partial charge in [-0.05, 0) is 48.2 Å². The van der Waals surface area contributed by atoms with E-state index in [-0.39, 0.29) is 11.5 Å². The van der Waals surface area contributed by atoms with Crippen LogP contribution in [0, 0.1) is 5.82 Å². The number of halogens is 2. The number of pyridine rings is 1. The van der Waals surface area contributed by atoms with Crippen molar-refractivity contribution in [3.8, 4) is 22.2 Å². The molecule has 0 amide bonds. The fraction of sp³-hybridized carbons (Fsp3) is 0.0526. The molecule has 4 aromatic rings. The minimum atomic E-state index is -0.539. The molecule has 0 spiro atoms. The van der Waals surface area contributed by atoms with Crippen LogP contribution < -0.4 is 0 Å². The van der Waals surface area contributed by atoms with E-state index >= 15 is 0 Å². The van der Waals surface area contributed by atoms with Gasteiger partial charge in [-0.1, -0.05) is 11.6 Å². The maximum atomic E-state index is 13.3. The van der Waals surface area contributed by atoms with Crippen LogP contribution in [0.4, 0.5) is 4.39 Å². The smallest absolute Gasteiger partial charge is 0.357 e. The van der Waals surface area contributed by atoms with Crippen molar-refractivity contribution in [3.63, 3.8) is 0 Å². The molecule has 1 aromatic carbocycles. The van der Waals surface area contributed by atoms with Crippen LogP contribution in [0.1, 0.15) is 10.5 Å². The third kappa shape index (κ3) is 4.31. The van der Waals surface area contributed by atoms with Gasteiger partial charge in [-0.15, -0.1) is 11.3 Å². The molecule has 0 aliphatic rings. The standard InChI is InChI=1S/C19H11ClFN3O3S2/c1-26-18(25)13-9-28-17(23-13)15-19(29-14-7-4-11(20)8-22-14)27-16(24-15)10-2-5-12(21)6-3-10/h2-9H,1H3. The minimum Gasteiger partial charge on any atom is -0.464 e. The fourth-order valence-corrected chi connectivity index (χ4v) is 4.07. The largest absolute Gasteiger partial charge is 0.464 e. The highest BCUT2D eigenvalue weighted by molar-refractivity contribution is 7.99. The van der Waals surface area contributed by atoms with E-state index in [2.05, 4.69) is 15.0 Å². The monoisotopic (exact) mass is 447 g/mol. The van der Waals surface area contributed by atoms with Crippen LogP contribution in [-0.4, -0.2) is 28.0 Å². The van der Waals surface area contributed by atoms with E-state index in [1.54, 1.807) is 29.6 Å². The molecule has 0 saturated heterocycles. The van der Waals surface area contributed by atoms with Crippen molar-refractivity contribution in [2.75, 3.05) is 7.11 Å². The topological polar surface area (TPSA) is 78.1 Å². The number of benzene rings is 1. The van der Waals surface area contributed by atoms with Crippen LogP contribution in [0.25, 0.3) is 22.2 Å². The summed E-state index contributed by atoms with van der Waals surface area (Å²) in [6, 6.07) is 9.26. The third-order valence-corrected chi connectivity index (χ3v) is 5.67. The van der Waals surface area contributed by atoms with E-state index in [0.29, 0.717) is 37.3 Å². The van der Waals surface area contributed by atoms with Crippen LogP contribution in [0.15, 0.2) is 62.5 Å². The van der Waals surface area contributed by atoms with Gasteiger partial charge < -0.3 is 9.15 Å². The molecule has 0 fully saturated rings. The van der Waals surface area contributed by atoms with Crippen molar-refractivity contribution in [3.05, 3.63) is 64.5 Å². The second-order valence-corrected chi connectivity index (χ2v) is 7.90. The molecule has 0 radical (unpaired) electrons. The highest BCUT2D eigenvalue weighted by atomic mass is 35.5. The van der Waals surface area contributed by atoms with Crippen molar-refractivity contribution in [2.45, 2.75) is 10.1 Å². The van der Waals surface area contributed by atoms with Crippen molar-refractivity contribution >= 4 is 40.7 Å². The Morgan fingerprint density at radius 3 is 2.69 bits per heavy atom. The van der Waals surface area contributed by atoms with Gasteiger partial charge in [-0.2, -0.15) is 0 Å². The summed E-state index contributed by atoms with van der Waals surface area (Å²) in [5.74, 6) is -0.599. The molecule has 146 valence electrons. The average molecular weight is 448 g/mol. The molecule has 0 aliphatic heterocycles. The third-order valence-electron chi connectivity index (χ3n) is 3.69. The molecular weight excluding hydrogens is 437 g/mol. The number of oxazole rings is 1. The molecule has 4 rings (SSSR count). The first-order valence-corrected chi connectivity index (χ1v) is 10.2. The number of esters is 1. The van der Waals surface area contributed by atoms with E-state index in [1.165, 1.54) is 48.5 Å². The number of hydrogen-bond donors (Lipinski definition) is 0. The zero-order chi connectivity index (χ0) is 20.4. The first kappa shape index (κ1) is 19.6. The van der Waals surface area contributed by atoms with E-state index in [1.807, 2.05) is 0 Å². The Hall–Kier alpha value is -2.75. The van der Waals surface area contributed by atoms with Gasteiger partial charge in [-0.25, -0.2) is 24.1 Å². The summed E-state index contributed by atoms with van der Waals surface area (Å²) in [6.45, 7) is 0. The molecule has 3 aromatic heterocycles. The molecular formula is C19H11ClFN3O3S2. The summed E-state index contributed by atoms with van der Waals surface area (Å²) in [7, 11) is 1.29. The second kappa shape index (κ2) is 8.32. The summed E-state index contributed by atoms with van der Waals surface area (Å²) in [5, 5.41) is 3.66. The minimum absolute atomic E-state index is 0.180. The number of carbonyl (C=O) groups is 1. The van der Waals surface area contributed by atoms with Gasteiger partial charge >= 0.3 is 5.97 Å². The van der Waals surface area contributed by atoms with Gasteiger partial charge in [0.2, 0.25) is 5.89 Å². The highest BCUT2D eigenvalue weighted by Crippen LogP contribution is 2.39. The first-order valence-electron chi connectivity index (χ1n) is 8.14. The number of rotatable bonds is 5. The van der Waals surface area contributed by atoms with Crippen LogP contribution in [0.3, 0.4) is 0 Å². The number of methoxy groups -OCH3 is 1. The lowest BCUT2D eigenvalue weighted by atomic mass is 10.2. The lowest BCUT2D eigenvalue weighted by Gasteiger charge is -1.99. The van der Waals surface area contributed by atoms with E-state index in [9.17, 15) is 9.18 Å². The van der Waals surface area contributed by atoms with Gasteiger partial charge in [-0.3, -0.25) is 0 Å². The Bertz CT molecular complexity index is 1160. The predicted molar refractivity (Wildman–Crippen MR) is 108 cm³/mol. The number of ether oxygens (including phenoxy) is 1. The molecule has 3 heterocycles. The zero-order valence-corrected chi connectivity index (χ0v) is 17.1. The van der Waals surface area contributed by atoms with Crippen LogP contribution >= 0.6 is 34.7 Å². The SMILES string of the molecule is COC(=O)c1csc(-c2nc(-c3ccc(F)cc3)oc2Sc2ccc(Cl)cn2)n1. The van der Waals surface area contributed by atoms with E-state index < -0.39 is 5.97 Å². The van der Waals surface area contributed by atoms with Crippen LogP contribution in [0.2, 0.25) is 5.02 Å². The van der Waals surface area contributed by atoms with Gasteiger partial charge in [0.05, 0.1) is 12.1 Å². The maximum Gasteiger partial charge on any atom is 0.357 e. The van der Waals surface area contributed by atoms with Crippen LogP contribution in [-0.2, 0) is 4.74 Å². The molecule has 0 atom stereocenters. The number of hydrogen-bond acceptors (Lipinski definition) is 8. The Morgan fingerprint density at radius 1 is 1.21 bits per heavy atom. The number of nitrogens with zero attached hydrogens (tertiary/aromatic N) is 3. The van der Waals surface area contributed by atoms with Crippen molar-refractivity contribution < 1.29 is 18.3 Å². The quantitative estimate of drug-likeness (QED) is 0.369. The number of thiazole rings is 1. The van der Waals surface area contributed by atoms with Crippen molar-refractivity contribution in [1.29, 1.82) is 0 Å². The lowest BCUT2D eigenvalue weighted by Crippen LogP contribution is -2.01. The summed E-state index contributed by atoms with van der Waals surface area (Å²) in [4.78, 5) is 24.8. The second-order valence-electron chi connectivity index (χ2n) is 5.61. The molecule has 0 unspecified atom stereocenters. The summed E-state index contributed by atoms with van der Waals surface area (Å²) >= 11 is 8.37. The average Bonchev–Trinajstić information content (AvgIpc) is 3.37. The Labute approximate surface area is 177 Å². The van der Waals surface area contributed by atoms with Gasteiger partial charge in [0.25, 0.3) is 0 Å². The zero-order valence-electron chi connectivity index (χ0n) is 14.8. The van der Waals surface area contributed by atoms with Gasteiger partial charge in [0, 0.05) is 17.1 Å². The van der Waals surface area contributed by atoms with Crippen molar-refractivity contribution in [1.82, 2.24) is 15.0 Å². The Kier molecular flexibility index (Phi) is 5.61. The summed E-state index contributed by atoms with van der Waals surface area (Å²) < 4.78 is 23.9. The first-order chi connectivity index (χ1) is 14.0. The van der Waals surface area contributed by atoms with E-state index in [0.717, 1.165) is 0 Å². The van der Waals surface area contributed by atoms with Crippen LogP contribution in [0.5, 0.6) is 0 Å². The molecule has 10 heteroatoms. The number of carbonyl (C=O) groups excluding carboxylic acids is 1. The molecule has 0 saturated carbocycles. The van der Waals surface area contributed by atoms with Gasteiger partial charge in [0.1, 0.15) is 15.9 Å². The van der Waals surface area contributed by atoms with E-state index in [4.69, 9.17) is 20.8 Å². The molecule has 0 aliphatic carbocycles. The Morgan fingerprint density at radius 2 is 2.00 bits per heavy atom. The Balaban J connectivity index is 1.76. The molecule has 6 nitrogen and oxygen atoms in total. The maximum absolute atomic E-state index is 13.3. The van der Waals surface area contributed by atoms with Crippen molar-refractivity contribution in [2.24, 2.45) is 0 Å². The predicted octanol–water partition coefficient (Wildman–Crippen LogP) is 5.59. The van der Waals surface area contributed by atoms with Gasteiger partial charge in [0.15, 0.2) is 16.5 Å². The highest BCUT2D eigenvalue weighted by Gasteiger charge is 2.22. The lowest BCUT2D eigenvalue weighted by molar-refractivity contribution is 0.0595. The summed E-state index contributed by atoms with van der Waals surface area (Å²) in [5.41, 5.74) is 1.24.